The van der Waals surface area contributed by atoms with Gasteiger partial charge in [0.05, 0.1) is 28.6 Å². The van der Waals surface area contributed by atoms with E-state index in [1.54, 1.807) is 60.6 Å². The van der Waals surface area contributed by atoms with E-state index in [-0.39, 0.29) is 28.1 Å². The van der Waals surface area contributed by atoms with Crippen LogP contribution in [0, 0.1) is 0 Å². The molecule has 0 spiro atoms. The van der Waals surface area contributed by atoms with Crippen molar-refractivity contribution < 1.29 is 23.9 Å². The van der Waals surface area contributed by atoms with Crippen LogP contribution in [0.3, 0.4) is 0 Å². The molecule has 0 saturated carbocycles. The van der Waals surface area contributed by atoms with Crippen molar-refractivity contribution in [1.29, 1.82) is 0 Å². The number of aromatic nitrogens is 1. The van der Waals surface area contributed by atoms with Gasteiger partial charge in [-0.3, -0.25) is 14.6 Å². The zero-order valence-electron chi connectivity index (χ0n) is 23.6. The van der Waals surface area contributed by atoms with Crippen molar-refractivity contribution in [2.75, 3.05) is 37.6 Å². The van der Waals surface area contributed by atoms with Gasteiger partial charge in [0, 0.05) is 49.8 Å². The second kappa shape index (κ2) is 15.1. The molecule has 1 fully saturated rings. The summed E-state index contributed by atoms with van der Waals surface area (Å²) in [5, 5.41) is 5.99. The number of esters is 1. The molecule has 1 aromatic heterocycles. The molecule has 0 aliphatic carbocycles. The van der Waals surface area contributed by atoms with Gasteiger partial charge in [-0.25, -0.2) is 9.59 Å². The summed E-state index contributed by atoms with van der Waals surface area (Å²) in [6.45, 7) is 0.442. The molecule has 43 heavy (non-hydrogen) atoms. The number of ether oxygens (including phenoxy) is 1. The smallest absolute Gasteiger partial charge is 0.328 e. The Bertz CT molecular complexity index is 1440. The van der Waals surface area contributed by atoms with Gasteiger partial charge in [-0.1, -0.05) is 47.5 Å². The molecule has 1 unspecified atom stereocenters. The number of nitrogens with one attached hydrogen (secondary N) is 2. The van der Waals surface area contributed by atoms with E-state index in [0.717, 1.165) is 5.69 Å². The number of nitrogens with zero attached hydrogens (tertiary/aromatic N) is 3. The average molecular weight is 645 g/mol. The summed E-state index contributed by atoms with van der Waals surface area (Å²) in [5.74, 6) is -0.745. The maximum absolute atomic E-state index is 13.3. The number of halogens is 2. The number of hydrogen-bond acceptors (Lipinski definition) is 7. The van der Waals surface area contributed by atoms with Crippen LogP contribution >= 0.6 is 35.0 Å². The van der Waals surface area contributed by atoms with E-state index >= 15 is 0 Å². The van der Waals surface area contributed by atoms with Gasteiger partial charge in [0.1, 0.15) is 12.1 Å². The van der Waals surface area contributed by atoms with Crippen LogP contribution in [0.15, 0.2) is 66.9 Å². The third-order valence-corrected chi connectivity index (χ3v) is 8.47. The van der Waals surface area contributed by atoms with Crippen LogP contribution in [0.5, 0.6) is 0 Å². The van der Waals surface area contributed by atoms with Crippen LogP contribution in [0.1, 0.15) is 21.6 Å². The van der Waals surface area contributed by atoms with Crippen molar-refractivity contribution in [3.63, 3.8) is 0 Å². The fraction of sp³-hybridized carbons (Fsp3) is 0.300. The molecule has 2 atom stereocenters. The van der Waals surface area contributed by atoms with Gasteiger partial charge < -0.3 is 25.2 Å². The first-order valence-corrected chi connectivity index (χ1v) is 15.3. The van der Waals surface area contributed by atoms with Crippen LogP contribution in [-0.2, 0) is 27.2 Å². The summed E-state index contributed by atoms with van der Waals surface area (Å²) in [6.07, 6.45) is 2.43. The Morgan fingerprint density at radius 1 is 1.07 bits per heavy atom. The third-order valence-electron chi connectivity index (χ3n) is 6.83. The number of rotatable bonds is 10. The predicted molar refractivity (Wildman–Crippen MR) is 167 cm³/mol. The number of methoxy groups -OCH3 is 1. The van der Waals surface area contributed by atoms with Crippen LogP contribution in [0.4, 0.5) is 10.5 Å². The third kappa shape index (κ3) is 8.40. The van der Waals surface area contributed by atoms with Crippen LogP contribution in [0.2, 0.25) is 10.0 Å². The predicted octanol–water partition coefficient (Wildman–Crippen LogP) is 4.51. The first kappa shape index (κ1) is 32.1. The number of pyridine rings is 1. The standard InChI is InChI=1S/C30H31Cl2N5O5S/c1-36(15-13-20-6-3-4-14-33-20)30(41)37-18-43-17-25(37)27(38)35-24(29(40)42-2)16-19-9-11-21(12-10-19)34-28(39)26-22(31)7-5-8-23(26)32/h3-12,14,24-25H,13,15-18H2,1-2H3,(H,34,39)(H,35,38)/t24-,25?/m0/s1. The molecule has 4 rings (SSSR count). The topological polar surface area (TPSA) is 121 Å². The summed E-state index contributed by atoms with van der Waals surface area (Å²) >= 11 is 13.7. The van der Waals surface area contributed by atoms with Crippen LogP contribution in [0.25, 0.3) is 0 Å². The van der Waals surface area contributed by atoms with E-state index < -0.39 is 29.9 Å². The minimum absolute atomic E-state index is 0.140. The number of thioether (sulfide) groups is 1. The molecule has 0 radical (unpaired) electrons. The van der Waals surface area contributed by atoms with Gasteiger partial charge >= 0.3 is 12.0 Å². The zero-order valence-corrected chi connectivity index (χ0v) is 25.9. The van der Waals surface area contributed by atoms with Crippen LogP contribution in [-0.4, -0.2) is 83.0 Å². The molecule has 2 aromatic carbocycles. The molecule has 10 nitrogen and oxygen atoms in total. The highest BCUT2D eigenvalue weighted by molar-refractivity contribution is 7.99. The van der Waals surface area contributed by atoms with E-state index in [1.807, 2.05) is 18.2 Å². The van der Waals surface area contributed by atoms with E-state index in [0.29, 0.717) is 35.8 Å². The number of carbonyl (C=O) groups is 4. The number of anilines is 1. The van der Waals surface area contributed by atoms with Crippen molar-refractivity contribution in [3.05, 3.63) is 93.7 Å². The highest BCUT2D eigenvalue weighted by atomic mass is 35.5. The first-order chi connectivity index (χ1) is 20.7. The summed E-state index contributed by atoms with van der Waals surface area (Å²) in [7, 11) is 2.94. The molecule has 4 amide bonds. The van der Waals surface area contributed by atoms with Crippen molar-refractivity contribution >= 4 is 64.5 Å². The molecule has 1 aliphatic heterocycles. The number of urea groups is 1. The molecule has 2 heterocycles. The fourth-order valence-corrected chi connectivity index (χ4v) is 6.18. The Kier molecular flexibility index (Phi) is 11.3. The summed E-state index contributed by atoms with van der Waals surface area (Å²) in [5.41, 5.74) is 2.24. The Morgan fingerprint density at radius 3 is 2.44 bits per heavy atom. The van der Waals surface area contributed by atoms with Crippen molar-refractivity contribution in [1.82, 2.24) is 20.1 Å². The van der Waals surface area contributed by atoms with Gasteiger partial charge in [-0.2, -0.15) is 0 Å². The molecule has 1 saturated heterocycles. The molecular weight excluding hydrogens is 613 g/mol. The molecule has 0 bridgehead atoms. The van der Waals surface area contributed by atoms with Crippen LogP contribution < -0.4 is 10.6 Å². The summed E-state index contributed by atoms with van der Waals surface area (Å²) in [6, 6.07) is 15.2. The number of hydrogen-bond donors (Lipinski definition) is 2. The van der Waals surface area contributed by atoms with E-state index in [2.05, 4.69) is 15.6 Å². The highest BCUT2D eigenvalue weighted by Gasteiger charge is 2.37. The zero-order chi connectivity index (χ0) is 30.9. The summed E-state index contributed by atoms with van der Waals surface area (Å²) < 4.78 is 4.95. The Hall–Kier alpha value is -3.80. The maximum atomic E-state index is 13.3. The first-order valence-electron chi connectivity index (χ1n) is 13.4. The number of amides is 4. The Balaban J connectivity index is 1.36. The normalized spacial score (nSPS) is 15.0. The molecule has 13 heteroatoms. The lowest BCUT2D eigenvalue weighted by atomic mass is 10.0. The van der Waals surface area contributed by atoms with Crippen molar-refractivity contribution in [3.8, 4) is 0 Å². The van der Waals surface area contributed by atoms with E-state index in [4.69, 9.17) is 27.9 Å². The van der Waals surface area contributed by atoms with Gasteiger partial charge in [-0.05, 0) is 42.0 Å². The number of benzene rings is 2. The Morgan fingerprint density at radius 2 is 1.79 bits per heavy atom. The van der Waals surface area contributed by atoms with E-state index in [1.165, 1.54) is 23.8 Å². The monoisotopic (exact) mass is 643 g/mol. The van der Waals surface area contributed by atoms with Crippen molar-refractivity contribution in [2.45, 2.75) is 24.9 Å². The van der Waals surface area contributed by atoms with Gasteiger partial charge in [-0.15, -0.1) is 11.8 Å². The van der Waals surface area contributed by atoms with Gasteiger partial charge in [0.15, 0.2) is 0 Å². The lowest BCUT2D eigenvalue weighted by Gasteiger charge is -2.29. The number of likely N-dealkylation sites (N-methyl/N-ethyl adjacent to an activating group) is 1. The Labute approximate surface area is 264 Å². The second-order valence-corrected chi connectivity index (χ2v) is 11.6. The van der Waals surface area contributed by atoms with Gasteiger partial charge in [0.25, 0.3) is 5.91 Å². The van der Waals surface area contributed by atoms with E-state index in [9.17, 15) is 19.2 Å². The fourth-order valence-electron chi connectivity index (χ4n) is 4.46. The molecule has 2 N–H and O–H groups in total. The second-order valence-electron chi connectivity index (χ2n) is 9.80. The highest BCUT2D eigenvalue weighted by Crippen LogP contribution is 2.26. The quantitative estimate of drug-likeness (QED) is 0.312. The lowest BCUT2D eigenvalue weighted by Crippen LogP contribution is -2.54. The molecule has 1 aliphatic rings. The van der Waals surface area contributed by atoms with Crippen molar-refractivity contribution in [2.24, 2.45) is 0 Å². The maximum Gasteiger partial charge on any atom is 0.328 e. The minimum Gasteiger partial charge on any atom is -0.467 e. The molecule has 3 aromatic rings. The summed E-state index contributed by atoms with van der Waals surface area (Å²) in [4.78, 5) is 59.2. The molecular formula is C30H31Cl2N5O5S. The number of carbonyl (C=O) groups excluding carboxylic acids is 4. The molecule has 226 valence electrons. The average Bonchev–Trinajstić information content (AvgIpc) is 3.50. The minimum atomic E-state index is -0.982. The largest absolute Gasteiger partial charge is 0.467 e. The van der Waals surface area contributed by atoms with Gasteiger partial charge in [0.2, 0.25) is 5.91 Å². The lowest BCUT2D eigenvalue weighted by molar-refractivity contribution is -0.145. The SMILES string of the molecule is COC(=O)[C@H](Cc1ccc(NC(=O)c2c(Cl)cccc2Cl)cc1)NC(=O)C1CSCN1C(=O)N(C)CCc1ccccn1.